The van der Waals surface area contributed by atoms with E-state index in [4.69, 9.17) is 16.6 Å². The second-order valence-electron chi connectivity index (χ2n) is 7.52. The largest absolute Gasteiger partial charge is 0.341 e. The Morgan fingerprint density at radius 2 is 1.65 bits per heavy atom. The van der Waals surface area contributed by atoms with Crippen LogP contribution < -0.4 is 4.90 Å². The predicted octanol–water partition coefficient (Wildman–Crippen LogP) is 5.44. The number of carbonyl (C=O) groups is 1. The maximum atomic E-state index is 13.1. The number of nitrogens with zero attached hydrogens (tertiary/aromatic N) is 4. The Balaban J connectivity index is 1.78. The zero-order valence-corrected chi connectivity index (χ0v) is 19.7. The Bertz CT molecular complexity index is 940. The summed E-state index contributed by atoms with van der Waals surface area (Å²) >= 11 is 7.33. The van der Waals surface area contributed by atoms with E-state index in [2.05, 4.69) is 30.4 Å². The van der Waals surface area contributed by atoms with Crippen molar-refractivity contribution < 1.29 is 4.79 Å². The van der Waals surface area contributed by atoms with Crippen molar-refractivity contribution in [3.05, 3.63) is 76.6 Å². The van der Waals surface area contributed by atoms with Crippen molar-refractivity contribution in [3.8, 4) is 0 Å². The van der Waals surface area contributed by atoms with Gasteiger partial charge in [-0.25, -0.2) is 4.98 Å². The summed E-state index contributed by atoms with van der Waals surface area (Å²) in [5, 5.41) is 1.49. The van der Waals surface area contributed by atoms with Crippen molar-refractivity contribution in [2.45, 2.75) is 39.7 Å². The first-order valence-corrected chi connectivity index (χ1v) is 11.9. The molecule has 0 bridgehead atoms. The molecule has 164 valence electrons. The van der Waals surface area contributed by atoms with Crippen LogP contribution in [0.5, 0.6) is 0 Å². The smallest absolute Gasteiger partial charge is 0.242 e. The zero-order valence-electron chi connectivity index (χ0n) is 18.1. The van der Waals surface area contributed by atoms with Crippen LogP contribution in [-0.4, -0.2) is 39.8 Å². The molecule has 0 atom stereocenters. The van der Waals surface area contributed by atoms with Gasteiger partial charge in [0.2, 0.25) is 11.0 Å². The molecule has 0 aliphatic carbocycles. The first-order chi connectivity index (χ1) is 15.1. The van der Waals surface area contributed by atoms with Crippen LogP contribution in [0.3, 0.4) is 0 Å². The summed E-state index contributed by atoms with van der Waals surface area (Å²) in [4.78, 5) is 21.8. The fourth-order valence-electron chi connectivity index (χ4n) is 3.39. The maximum absolute atomic E-state index is 13.1. The van der Waals surface area contributed by atoms with Gasteiger partial charge in [0.1, 0.15) is 5.82 Å². The lowest BCUT2D eigenvalue weighted by molar-refractivity contribution is -0.129. The summed E-state index contributed by atoms with van der Waals surface area (Å²) < 4.78 is 4.55. The number of aromatic nitrogens is 2. The molecular weight excluding hydrogens is 428 g/mol. The summed E-state index contributed by atoms with van der Waals surface area (Å²) in [6, 6.07) is 17.9. The van der Waals surface area contributed by atoms with Crippen molar-refractivity contribution in [3.63, 3.8) is 0 Å². The Morgan fingerprint density at radius 1 is 0.968 bits per heavy atom. The number of halogens is 1. The number of carbonyl (C=O) groups excluding carboxylic acids is 1. The number of benzene rings is 2. The monoisotopic (exact) mass is 456 g/mol. The molecule has 2 aromatic carbocycles. The highest BCUT2D eigenvalue weighted by Crippen LogP contribution is 2.22. The van der Waals surface area contributed by atoms with E-state index in [1.54, 1.807) is 0 Å². The summed E-state index contributed by atoms with van der Waals surface area (Å²) in [7, 11) is 0. The van der Waals surface area contributed by atoms with Gasteiger partial charge in [-0.1, -0.05) is 67.9 Å². The van der Waals surface area contributed by atoms with Gasteiger partial charge in [0.15, 0.2) is 0 Å². The van der Waals surface area contributed by atoms with E-state index in [1.807, 2.05) is 52.3 Å². The van der Waals surface area contributed by atoms with E-state index in [1.165, 1.54) is 11.5 Å². The van der Waals surface area contributed by atoms with Gasteiger partial charge in [0.05, 0.1) is 6.54 Å². The highest BCUT2D eigenvalue weighted by atomic mass is 35.5. The SMILES string of the molecule is CCCN(CCC)C(=O)CN(Cc1ccccc1)c1nc(Cc2ccc(Cl)cc2)ns1. The molecule has 3 rings (SSSR count). The molecule has 0 radical (unpaired) electrons. The van der Waals surface area contributed by atoms with E-state index in [0.29, 0.717) is 24.5 Å². The summed E-state index contributed by atoms with van der Waals surface area (Å²) in [6.45, 7) is 6.68. The Hall–Kier alpha value is -2.44. The van der Waals surface area contributed by atoms with Gasteiger partial charge in [-0.3, -0.25) is 4.79 Å². The Morgan fingerprint density at radius 3 is 2.29 bits per heavy atom. The van der Waals surface area contributed by atoms with Gasteiger partial charge in [0, 0.05) is 42.6 Å². The minimum Gasteiger partial charge on any atom is -0.341 e. The van der Waals surface area contributed by atoms with Crippen LogP contribution in [0.4, 0.5) is 5.13 Å². The quantitative estimate of drug-likeness (QED) is 0.385. The summed E-state index contributed by atoms with van der Waals surface area (Å²) in [5.74, 6) is 0.890. The van der Waals surface area contributed by atoms with Gasteiger partial charge in [0.25, 0.3) is 0 Å². The van der Waals surface area contributed by atoms with E-state index < -0.39 is 0 Å². The molecule has 31 heavy (non-hydrogen) atoms. The van der Waals surface area contributed by atoms with Crippen molar-refractivity contribution in [1.29, 1.82) is 0 Å². The normalized spacial score (nSPS) is 10.8. The molecule has 1 heterocycles. The lowest BCUT2D eigenvalue weighted by Crippen LogP contribution is -2.41. The van der Waals surface area contributed by atoms with Crippen LogP contribution in [0, 0.1) is 0 Å². The van der Waals surface area contributed by atoms with E-state index >= 15 is 0 Å². The second kappa shape index (κ2) is 11.8. The molecule has 0 saturated carbocycles. The molecule has 0 fully saturated rings. The average Bonchev–Trinajstić information content (AvgIpc) is 3.24. The van der Waals surface area contributed by atoms with Gasteiger partial charge >= 0.3 is 0 Å². The molecule has 5 nitrogen and oxygen atoms in total. The Kier molecular flexibility index (Phi) is 8.85. The number of amides is 1. The standard InChI is InChI=1S/C24H29ClN4OS/c1-3-14-28(15-4-2)23(30)18-29(17-20-8-6-5-7-9-20)24-26-22(27-31-24)16-19-10-12-21(25)13-11-19/h5-13H,3-4,14-18H2,1-2H3. The zero-order chi connectivity index (χ0) is 22.1. The van der Waals surface area contributed by atoms with E-state index in [0.717, 1.165) is 48.0 Å². The highest BCUT2D eigenvalue weighted by molar-refractivity contribution is 7.09. The molecule has 0 aliphatic rings. The van der Waals surface area contributed by atoms with Crippen molar-refractivity contribution in [2.75, 3.05) is 24.5 Å². The Labute approximate surface area is 193 Å². The minimum absolute atomic E-state index is 0.133. The molecule has 0 saturated heterocycles. The van der Waals surface area contributed by atoms with Gasteiger partial charge in [-0.05, 0) is 36.1 Å². The molecule has 0 aliphatic heterocycles. The molecule has 1 aromatic heterocycles. The number of anilines is 1. The van der Waals surface area contributed by atoms with Crippen LogP contribution in [0.2, 0.25) is 5.02 Å². The van der Waals surface area contributed by atoms with Crippen molar-refractivity contribution in [2.24, 2.45) is 0 Å². The summed E-state index contributed by atoms with van der Waals surface area (Å²) in [5.41, 5.74) is 2.25. The average molecular weight is 457 g/mol. The summed E-state index contributed by atoms with van der Waals surface area (Å²) in [6.07, 6.45) is 2.54. The molecular formula is C24H29ClN4OS. The van der Waals surface area contributed by atoms with Crippen LogP contribution in [0.15, 0.2) is 54.6 Å². The maximum Gasteiger partial charge on any atom is 0.242 e. The topological polar surface area (TPSA) is 49.3 Å². The second-order valence-corrected chi connectivity index (χ2v) is 8.69. The molecule has 0 N–H and O–H groups in total. The molecule has 0 spiro atoms. The van der Waals surface area contributed by atoms with Gasteiger partial charge in [-0.2, -0.15) is 4.37 Å². The van der Waals surface area contributed by atoms with Gasteiger partial charge < -0.3 is 9.80 Å². The van der Waals surface area contributed by atoms with E-state index in [9.17, 15) is 4.79 Å². The first kappa shape index (κ1) is 23.2. The third-order valence-corrected chi connectivity index (χ3v) is 5.95. The van der Waals surface area contributed by atoms with Crippen molar-refractivity contribution >= 4 is 34.2 Å². The van der Waals surface area contributed by atoms with Crippen LogP contribution in [0.1, 0.15) is 43.6 Å². The molecule has 7 heteroatoms. The molecule has 1 amide bonds. The van der Waals surface area contributed by atoms with Crippen LogP contribution >= 0.6 is 23.1 Å². The third-order valence-electron chi connectivity index (χ3n) is 4.89. The predicted molar refractivity (Wildman–Crippen MR) is 129 cm³/mol. The number of rotatable bonds is 11. The molecule has 0 unspecified atom stereocenters. The highest BCUT2D eigenvalue weighted by Gasteiger charge is 2.20. The fourth-order valence-corrected chi connectivity index (χ4v) is 4.20. The number of hydrogen-bond donors (Lipinski definition) is 0. The minimum atomic E-state index is 0.133. The lowest BCUT2D eigenvalue weighted by atomic mass is 10.1. The lowest BCUT2D eigenvalue weighted by Gasteiger charge is -2.27. The number of hydrogen-bond acceptors (Lipinski definition) is 5. The van der Waals surface area contributed by atoms with Crippen LogP contribution in [-0.2, 0) is 17.8 Å². The third kappa shape index (κ3) is 7.04. The molecule has 3 aromatic rings. The van der Waals surface area contributed by atoms with Crippen molar-refractivity contribution in [1.82, 2.24) is 14.3 Å². The fraction of sp³-hybridized carbons (Fsp3) is 0.375. The first-order valence-electron chi connectivity index (χ1n) is 10.7. The van der Waals surface area contributed by atoms with E-state index in [-0.39, 0.29) is 5.91 Å². The van der Waals surface area contributed by atoms with Gasteiger partial charge in [-0.15, -0.1) is 0 Å². The van der Waals surface area contributed by atoms with Crippen LogP contribution in [0.25, 0.3) is 0 Å².